The van der Waals surface area contributed by atoms with Gasteiger partial charge >= 0.3 is 0 Å². The summed E-state index contributed by atoms with van der Waals surface area (Å²) in [4.78, 5) is 26.9. The van der Waals surface area contributed by atoms with Crippen molar-refractivity contribution in [2.45, 2.75) is 26.3 Å². The molecule has 0 bridgehead atoms. The van der Waals surface area contributed by atoms with Crippen molar-refractivity contribution in [3.63, 3.8) is 0 Å². The fourth-order valence-electron chi connectivity index (χ4n) is 2.61. The monoisotopic (exact) mass is 300 g/mol. The fraction of sp³-hybridized carbons (Fsp3) is 0.467. The van der Waals surface area contributed by atoms with E-state index in [1.165, 1.54) is 19.2 Å². The number of nitrogens with zero attached hydrogens (tertiary/aromatic N) is 5. The highest BCUT2D eigenvalue weighted by atomic mass is 16.1. The summed E-state index contributed by atoms with van der Waals surface area (Å²) < 4.78 is 2.00. The predicted octanol–water partition coefficient (Wildman–Crippen LogP) is 1.01. The molecule has 0 aliphatic carbocycles. The zero-order chi connectivity index (χ0) is 15.4. The molecule has 1 fully saturated rings. The number of aryl methyl sites for hydroxylation is 1. The normalized spacial score (nSPS) is 14.3. The molecule has 0 saturated carbocycles. The van der Waals surface area contributed by atoms with Crippen LogP contribution in [0.1, 0.15) is 29.2 Å². The molecule has 22 heavy (non-hydrogen) atoms. The van der Waals surface area contributed by atoms with Crippen LogP contribution >= 0.6 is 0 Å². The van der Waals surface area contributed by atoms with Crippen LogP contribution in [-0.4, -0.2) is 45.1 Å². The lowest BCUT2D eigenvalue weighted by Crippen LogP contribution is -2.28. The van der Waals surface area contributed by atoms with Gasteiger partial charge in [0.05, 0.1) is 0 Å². The van der Waals surface area contributed by atoms with Crippen LogP contribution in [0.25, 0.3) is 0 Å². The Hall–Kier alpha value is -2.44. The number of carbonyl (C=O) groups excluding carboxylic acids is 1. The lowest BCUT2D eigenvalue weighted by Gasteiger charge is -2.16. The van der Waals surface area contributed by atoms with Crippen LogP contribution < -0.4 is 10.2 Å². The molecule has 1 saturated heterocycles. The summed E-state index contributed by atoms with van der Waals surface area (Å²) in [6, 6.07) is 1.77. The lowest BCUT2D eigenvalue weighted by molar-refractivity contribution is 0.0947. The Labute approximate surface area is 129 Å². The van der Waals surface area contributed by atoms with E-state index in [1.807, 2.05) is 17.7 Å². The molecule has 7 nitrogen and oxygen atoms in total. The van der Waals surface area contributed by atoms with Gasteiger partial charge in [0, 0.05) is 44.6 Å². The van der Waals surface area contributed by atoms with E-state index in [-0.39, 0.29) is 5.91 Å². The van der Waals surface area contributed by atoms with Gasteiger partial charge in [-0.3, -0.25) is 4.79 Å². The van der Waals surface area contributed by atoms with E-state index < -0.39 is 0 Å². The van der Waals surface area contributed by atoms with Crippen molar-refractivity contribution in [1.82, 2.24) is 24.8 Å². The Morgan fingerprint density at radius 3 is 2.82 bits per heavy atom. The minimum atomic E-state index is -0.166. The van der Waals surface area contributed by atoms with Gasteiger partial charge in [-0.05, 0) is 19.8 Å². The molecule has 0 aromatic carbocycles. The Bertz CT molecular complexity index is 647. The number of nitrogens with one attached hydrogen (secondary N) is 1. The van der Waals surface area contributed by atoms with Gasteiger partial charge in [-0.15, -0.1) is 0 Å². The Morgan fingerprint density at radius 2 is 2.09 bits per heavy atom. The van der Waals surface area contributed by atoms with Crippen molar-refractivity contribution in [2.75, 3.05) is 24.5 Å². The van der Waals surface area contributed by atoms with E-state index in [0.29, 0.717) is 18.8 Å². The second-order valence-corrected chi connectivity index (χ2v) is 5.38. The smallest absolute Gasteiger partial charge is 0.270 e. The first-order valence-corrected chi connectivity index (χ1v) is 7.57. The highest BCUT2D eigenvalue weighted by Crippen LogP contribution is 2.17. The van der Waals surface area contributed by atoms with Crippen LogP contribution in [-0.2, 0) is 6.54 Å². The summed E-state index contributed by atoms with van der Waals surface area (Å²) in [5.74, 6) is 1.61. The average molecular weight is 300 g/mol. The molecule has 1 amide bonds. The molecular formula is C15H20N6O. The van der Waals surface area contributed by atoms with E-state index in [2.05, 4.69) is 25.2 Å². The molecular weight excluding hydrogens is 280 g/mol. The second kappa shape index (κ2) is 6.55. The first-order valence-electron chi connectivity index (χ1n) is 7.57. The maximum absolute atomic E-state index is 12.2. The van der Waals surface area contributed by atoms with Crippen molar-refractivity contribution < 1.29 is 4.79 Å². The standard InChI is InChI=1S/C15H20N6O/c1-12-16-4-8-20(12)9-5-17-15(22)13-10-14(19-11-18-13)21-6-2-3-7-21/h4,8,10-11H,2-3,5-7,9H2,1H3,(H,17,22). The number of rotatable bonds is 5. The zero-order valence-electron chi connectivity index (χ0n) is 12.7. The van der Waals surface area contributed by atoms with Gasteiger partial charge in [0.2, 0.25) is 0 Å². The number of amides is 1. The number of imidazole rings is 1. The van der Waals surface area contributed by atoms with Crippen LogP contribution in [0.3, 0.4) is 0 Å². The zero-order valence-corrected chi connectivity index (χ0v) is 12.7. The lowest BCUT2D eigenvalue weighted by atomic mass is 10.3. The number of anilines is 1. The molecule has 116 valence electrons. The van der Waals surface area contributed by atoms with Crippen LogP contribution in [0.5, 0.6) is 0 Å². The van der Waals surface area contributed by atoms with Crippen molar-refractivity contribution in [2.24, 2.45) is 0 Å². The molecule has 0 radical (unpaired) electrons. The summed E-state index contributed by atoms with van der Waals surface area (Å²) in [5, 5.41) is 2.89. The third kappa shape index (κ3) is 3.24. The molecule has 3 heterocycles. The summed E-state index contributed by atoms with van der Waals surface area (Å²) in [6.45, 7) is 5.17. The molecule has 1 N–H and O–H groups in total. The molecule has 0 atom stereocenters. The Morgan fingerprint density at radius 1 is 1.27 bits per heavy atom. The maximum atomic E-state index is 12.2. The molecule has 1 aliphatic rings. The summed E-state index contributed by atoms with van der Waals surface area (Å²) in [7, 11) is 0. The van der Waals surface area contributed by atoms with E-state index in [9.17, 15) is 4.79 Å². The van der Waals surface area contributed by atoms with E-state index >= 15 is 0 Å². The minimum absolute atomic E-state index is 0.166. The summed E-state index contributed by atoms with van der Waals surface area (Å²) >= 11 is 0. The van der Waals surface area contributed by atoms with Gasteiger partial charge in [-0.2, -0.15) is 0 Å². The van der Waals surface area contributed by atoms with E-state index in [0.717, 1.165) is 24.7 Å². The predicted molar refractivity (Wildman–Crippen MR) is 82.8 cm³/mol. The average Bonchev–Trinajstić information content (AvgIpc) is 3.20. The van der Waals surface area contributed by atoms with Crippen molar-refractivity contribution in [1.29, 1.82) is 0 Å². The largest absolute Gasteiger partial charge is 0.357 e. The highest BCUT2D eigenvalue weighted by molar-refractivity contribution is 5.92. The molecule has 2 aromatic rings. The maximum Gasteiger partial charge on any atom is 0.270 e. The van der Waals surface area contributed by atoms with Crippen molar-refractivity contribution in [3.8, 4) is 0 Å². The third-order valence-electron chi connectivity index (χ3n) is 3.88. The highest BCUT2D eigenvalue weighted by Gasteiger charge is 2.16. The topological polar surface area (TPSA) is 75.9 Å². The van der Waals surface area contributed by atoms with Crippen LogP contribution in [0, 0.1) is 6.92 Å². The van der Waals surface area contributed by atoms with Gasteiger partial charge in [0.15, 0.2) is 0 Å². The van der Waals surface area contributed by atoms with E-state index in [4.69, 9.17) is 0 Å². The van der Waals surface area contributed by atoms with Gasteiger partial charge in [-0.1, -0.05) is 0 Å². The summed E-state index contributed by atoms with van der Waals surface area (Å²) in [6.07, 6.45) is 7.47. The molecule has 7 heteroatoms. The number of aromatic nitrogens is 4. The SMILES string of the molecule is Cc1nccn1CCNC(=O)c1cc(N2CCCC2)ncn1. The van der Waals surface area contributed by atoms with Gasteiger partial charge in [-0.25, -0.2) is 15.0 Å². The third-order valence-corrected chi connectivity index (χ3v) is 3.88. The van der Waals surface area contributed by atoms with Gasteiger partial charge < -0.3 is 14.8 Å². The molecule has 0 spiro atoms. The molecule has 1 aliphatic heterocycles. The number of hydrogen-bond donors (Lipinski definition) is 1. The molecule has 3 rings (SSSR count). The summed E-state index contributed by atoms with van der Waals surface area (Å²) in [5.41, 5.74) is 0.416. The van der Waals surface area contributed by atoms with Gasteiger partial charge in [0.1, 0.15) is 23.7 Å². The quantitative estimate of drug-likeness (QED) is 0.892. The van der Waals surface area contributed by atoms with Gasteiger partial charge in [0.25, 0.3) is 5.91 Å². The van der Waals surface area contributed by atoms with Crippen LogP contribution in [0.2, 0.25) is 0 Å². The van der Waals surface area contributed by atoms with E-state index in [1.54, 1.807) is 12.3 Å². The fourth-order valence-corrected chi connectivity index (χ4v) is 2.61. The number of hydrogen-bond acceptors (Lipinski definition) is 5. The van der Waals surface area contributed by atoms with Crippen LogP contribution in [0.15, 0.2) is 24.8 Å². The Balaban J connectivity index is 1.57. The number of carbonyl (C=O) groups is 1. The van der Waals surface area contributed by atoms with Crippen molar-refractivity contribution >= 4 is 11.7 Å². The first kappa shape index (κ1) is 14.5. The second-order valence-electron chi connectivity index (χ2n) is 5.38. The molecule has 2 aromatic heterocycles. The minimum Gasteiger partial charge on any atom is -0.357 e. The Kier molecular flexibility index (Phi) is 4.32. The first-order chi connectivity index (χ1) is 10.7. The van der Waals surface area contributed by atoms with Crippen LogP contribution in [0.4, 0.5) is 5.82 Å². The molecule has 0 unspecified atom stereocenters. The van der Waals surface area contributed by atoms with Crippen molar-refractivity contribution in [3.05, 3.63) is 36.3 Å².